The molecule has 0 bridgehead atoms. The summed E-state index contributed by atoms with van der Waals surface area (Å²) in [6.07, 6.45) is 5.25. The predicted octanol–water partition coefficient (Wildman–Crippen LogP) is 4.20. The molecule has 122 valence electrons. The minimum atomic E-state index is -0.00231. The fraction of sp³-hybridized carbons (Fsp3) is 0.529. The van der Waals surface area contributed by atoms with Gasteiger partial charge in [0.05, 0.1) is 12.7 Å². The van der Waals surface area contributed by atoms with Crippen molar-refractivity contribution in [2.75, 3.05) is 13.7 Å². The third-order valence-electron chi connectivity index (χ3n) is 3.73. The third kappa shape index (κ3) is 4.70. The number of benzene rings is 1. The summed E-state index contributed by atoms with van der Waals surface area (Å²) in [7, 11) is 2.05. The average molecular weight is 323 g/mol. The van der Waals surface area contributed by atoms with Crippen molar-refractivity contribution in [1.29, 1.82) is 0 Å². The summed E-state index contributed by atoms with van der Waals surface area (Å²) in [5.41, 5.74) is 0.103. The van der Waals surface area contributed by atoms with Crippen LogP contribution in [-0.2, 0) is 9.26 Å². The van der Waals surface area contributed by atoms with Gasteiger partial charge in [-0.25, -0.2) is 0 Å². The van der Waals surface area contributed by atoms with Crippen LogP contribution in [0.15, 0.2) is 42.6 Å². The van der Waals surface area contributed by atoms with Crippen LogP contribution < -0.4 is 4.52 Å². The van der Waals surface area contributed by atoms with E-state index < -0.39 is 0 Å². The molecule has 5 heteroatoms. The van der Waals surface area contributed by atoms with E-state index in [0.29, 0.717) is 6.61 Å². The van der Waals surface area contributed by atoms with Crippen molar-refractivity contribution in [3.8, 4) is 5.75 Å². The Morgan fingerprint density at radius 1 is 1.36 bits per heavy atom. The van der Waals surface area contributed by atoms with E-state index in [2.05, 4.69) is 32.0 Å². The summed E-state index contributed by atoms with van der Waals surface area (Å²) >= 11 is 0. The van der Waals surface area contributed by atoms with Crippen molar-refractivity contribution in [2.45, 2.75) is 39.5 Å². The maximum absolute atomic E-state index is 6.14. The van der Waals surface area contributed by atoms with Crippen LogP contribution in [0.2, 0.25) is 0 Å². The Morgan fingerprint density at radius 2 is 2.09 bits per heavy atom. The van der Waals surface area contributed by atoms with E-state index in [1.54, 1.807) is 0 Å². The molecule has 4 nitrogen and oxygen atoms in total. The molecule has 1 heterocycles. The molecule has 1 aliphatic heterocycles. The van der Waals surface area contributed by atoms with Gasteiger partial charge in [-0.2, -0.15) is 0 Å². The highest BCUT2D eigenvalue weighted by Gasteiger charge is 2.43. The van der Waals surface area contributed by atoms with Crippen LogP contribution in [0.5, 0.6) is 5.75 Å². The van der Waals surface area contributed by atoms with Gasteiger partial charge in [0.25, 0.3) is 0 Å². The minimum absolute atomic E-state index is 0.00231. The van der Waals surface area contributed by atoms with Crippen LogP contribution in [0.25, 0.3) is 0 Å². The van der Waals surface area contributed by atoms with E-state index in [1.807, 2.05) is 43.3 Å². The van der Waals surface area contributed by atoms with Crippen molar-refractivity contribution in [1.82, 2.24) is 4.90 Å². The maximum Gasteiger partial charge on any atom is 0.215 e. The summed E-state index contributed by atoms with van der Waals surface area (Å²) in [6, 6.07) is 9.71. The number of ether oxygens (including phenoxy) is 1. The molecular formula is C17H26NO3P. The van der Waals surface area contributed by atoms with E-state index >= 15 is 0 Å². The SMILES string of the molecule is C/C=C\N(C)[C@@H]1O[C@H](COPOc2ccccc2)CC1(C)C. The van der Waals surface area contributed by atoms with Crippen molar-refractivity contribution < 1.29 is 13.8 Å². The highest BCUT2D eigenvalue weighted by atomic mass is 31.1. The number of hydrogen-bond acceptors (Lipinski definition) is 4. The van der Waals surface area contributed by atoms with Gasteiger partial charge in [-0.05, 0) is 31.7 Å². The van der Waals surface area contributed by atoms with Crippen molar-refractivity contribution in [3.05, 3.63) is 42.6 Å². The lowest BCUT2D eigenvalue weighted by molar-refractivity contribution is -0.0650. The van der Waals surface area contributed by atoms with Gasteiger partial charge in [-0.3, -0.25) is 0 Å². The predicted molar refractivity (Wildman–Crippen MR) is 91.0 cm³/mol. The summed E-state index contributed by atoms with van der Waals surface area (Å²) < 4.78 is 17.3. The maximum atomic E-state index is 6.14. The second-order valence-corrected chi connectivity index (χ2v) is 6.92. The fourth-order valence-electron chi connectivity index (χ4n) is 2.85. The first kappa shape index (κ1) is 17.3. The molecule has 0 aliphatic carbocycles. The van der Waals surface area contributed by atoms with Crippen molar-refractivity contribution in [3.63, 3.8) is 0 Å². The Balaban J connectivity index is 1.75. The van der Waals surface area contributed by atoms with E-state index in [0.717, 1.165) is 12.2 Å². The Kier molecular flexibility index (Phi) is 6.25. The fourth-order valence-corrected chi connectivity index (χ4v) is 3.40. The van der Waals surface area contributed by atoms with Crippen LogP contribution in [-0.4, -0.2) is 30.9 Å². The molecule has 0 N–H and O–H groups in total. The van der Waals surface area contributed by atoms with Gasteiger partial charge in [0.2, 0.25) is 9.03 Å². The first-order chi connectivity index (χ1) is 10.5. The number of allylic oxidation sites excluding steroid dienone is 1. The molecule has 1 aromatic carbocycles. The van der Waals surface area contributed by atoms with Gasteiger partial charge in [-0.15, -0.1) is 0 Å². The summed E-state index contributed by atoms with van der Waals surface area (Å²) in [5.74, 6) is 0.833. The normalized spacial score (nSPS) is 24.4. The Bertz CT molecular complexity index is 478. The van der Waals surface area contributed by atoms with Gasteiger partial charge in [0.15, 0.2) is 0 Å². The summed E-state index contributed by atoms with van der Waals surface area (Å²) in [6.45, 7) is 7.05. The van der Waals surface area contributed by atoms with E-state index in [1.165, 1.54) is 0 Å². The first-order valence-corrected chi connectivity index (χ1v) is 8.43. The lowest BCUT2D eigenvalue weighted by Crippen LogP contribution is -2.37. The molecule has 2 rings (SSSR count). The minimum Gasteiger partial charge on any atom is -0.450 e. The zero-order valence-corrected chi connectivity index (χ0v) is 14.8. The molecule has 0 saturated carbocycles. The summed E-state index contributed by atoms with van der Waals surface area (Å²) in [5, 5.41) is 0. The molecule has 1 unspecified atom stereocenters. The smallest absolute Gasteiger partial charge is 0.215 e. The largest absolute Gasteiger partial charge is 0.450 e. The zero-order valence-electron chi connectivity index (χ0n) is 13.8. The molecule has 0 amide bonds. The van der Waals surface area contributed by atoms with E-state index in [9.17, 15) is 0 Å². The van der Waals surface area contributed by atoms with Gasteiger partial charge in [0, 0.05) is 12.5 Å². The molecule has 1 saturated heterocycles. The molecule has 22 heavy (non-hydrogen) atoms. The standard InChI is InChI=1S/C17H26NO3P/c1-5-11-18(4)16-17(2,3)12-15(20-16)13-19-22-21-14-9-7-6-8-10-14/h5-11,15-16,22H,12-13H2,1-4H3/b11-5-/t15-,16+/m0/s1. The average Bonchev–Trinajstić information content (AvgIpc) is 2.80. The molecule has 1 aliphatic rings. The monoisotopic (exact) mass is 323 g/mol. The molecule has 3 atom stereocenters. The molecule has 1 aromatic rings. The number of hydrogen-bond donors (Lipinski definition) is 0. The Morgan fingerprint density at radius 3 is 2.77 bits per heavy atom. The number of para-hydroxylation sites is 1. The van der Waals surface area contributed by atoms with Crippen molar-refractivity contribution in [2.24, 2.45) is 5.41 Å². The van der Waals surface area contributed by atoms with E-state index in [4.69, 9.17) is 13.8 Å². The molecule has 0 aromatic heterocycles. The van der Waals surface area contributed by atoms with Gasteiger partial charge >= 0.3 is 0 Å². The van der Waals surface area contributed by atoms with Crippen molar-refractivity contribution >= 4 is 9.03 Å². The lowest BCUT2D eigenvalue weighted by Gasteiger charge is -2.32. The first-order valence-electron chi connectivity index (χ1n) is 7.62. The Labute approximate surface area is 135 Å². The van der Waals surface area contributed by atoms with Crippen LogP contribution in [0.3, 0.4) is 0 Å². The Hall–Kier alpha value is -1.09. The molecular weight excluding hydrogens is 297 g/mol. The second kappa shape index (κ2) is 7.96. The van der Waals surface area contributed by atoms with Crippen LogP contribution in [0.1, 0.15) is 27.2 Å². The zero-order chi connectivity index (χ0) is 16.0. The van der Waals surface area contributed by atoms with Gasteiger partial charge in [-0.1, -0.05) is 38.1 Å². The van der Waals surface area contributed by atoms with Crippen LogP contribution in [0, 0.1) is 5.41 Å². The lowest BCUT2D eigenvalue weighted by atomic mass is 9.87. The molecule has 0 radical (unpaired) electrons. The molecule has 1 fully saturated rings. The number of rotatable bonds is 7. The van der Waals surface area contributed by atoms with Gasteiger partial charge in [0.1, 0.15) is 12.0 Å². The highest BCUT2D eigenvalue weighted by Crippen LogP contribution is 2.40. The summed E-state index contributed by atoms with van der Waals surface area (Å²) in [4.78, 5) is 2.13. The van der Waals surface area contributed by atoms with Crippen LogP contribution >= 0.6 is 9.03 Å². The van der Waals surface area contributed by atoms with Crippen LogP contribution in [0.4, 0.5) is 0 Å². The topological polar surface area (TPSA) is 30.9 Å². The van der Waals surface area contributed by atoms with Gasteiger partial charge < -0.3 is 18.7 Å². The quantitative estimate of drug-likeness (QED) is 0.556. The number of nitrogens with zero attached hydrogens (tertiary/aromatic N) is 1. The highest BCUT2D eigenvalue weighted by molar-refractivity contribution is 7.26. The second-order valence-electron chi connectivity index (χ2n) is 6.26. The molecule has 0 spiro atoms. The van der Waals surface area contributed by atoms with E-state index in [-0.39, 0.29) is 26.8 Å². The third-order valence-corrected chi connectivity index (χ3v) is 4.33.